The van der Waals surface area contributed by atoms with E-state index in [2.05, 4.69) is 47.2 Å². The third-order valence-electron chi connectivity index (χ3n) is 3.96. The molecule has 106 valence electrons. The highest BCUT2D eigenvalue weighted by Crippen LogP contribution is 2.37. The molecule has 0 aliphatic carbocycles. The van der Waals surface area contributed by atoms with Crippen molar-refractivity contribution in [3.05, 3.63) is 40.4 Å². The van der Waals surface area contributed by atoms with E-state index in [1.165, 1.54) is 34.5 Å². The Labute approximate surface area is 124 Å². The van der Waals surface area contributed by atoms with E-state index in [-0.39, 0.29) is 0 Å². The number of rotatable bonds is 3. The van der Waals surface area contributed by atoms with Crippen molar-refractivity contribution in [1.82, 2.24) is 10.3 Å². The molecule has 4 heteroatoms. The predicted octanol–water partition coefficient (Wildman–Crippen LogP) is 3.82. The van der Waals surface area contributed by atoms with Gasteiger partial charge < -0.3 is 10.2 Å². The van der Waals surface area contributed by atoms with Crippen molar-refractivity contribution in [2.75, 3.05) is 18.5 Å². The quantitative estimate of drug-likeness (QED) is 0.930. The van der Waals surface area contributed by atoms with Gasteiger partial charge >= 0.3 is 0 Å². The number of fused-ring (bicyclic) bond motifs is 1. The average Bonchev–Trinajstić information content (AvgIpc) is 2.95. The van der Waals surface area contributed by atoms with E-state index in [1.54, 1.807) is 11.3 Å². The maximum atomic E-state index is 4.63. The monoisotopic (exact) mass is 287 g/mol. The Morgan fingerprint density at radius 1 is 1.40 bits per heavy atom. The second-order valence-electron chi connectivity index (χ2n) is 5.44. The van der Waals surface area contributed by atoms with Crippen LogP contribution in [0.1, 0.15) is 35.4 Å². The maximum Gasteiger partial charge on any atom is 0.190 e. The Kier molecular flexibility index (Phi) is 3.76. The summed E-state index contributed by atoms with van der Waals surface area (Å²) in [5, 5.41) is 4.39. The number of nitrogens with zero attached hydrogens (tertiary/aromatic N) is 2. The van der Waals surface area contributed by atoms with Gasteiger partial charge in [-0.05, 0) is 45.4 Å². The molecule has 3 rings (SSSR count). The molecule has 0 radical (unpaired) electrons. The number of hydrogen-bond acceptors (Lipinski definition) is 4. The van der Waals surface area contributed by atoms with Crippen LogP contribution in [0, 0.1) is 6.92 Å². The van der Waals surface area contributed by atoms with Gasteiger partial charge in [-0.3, -0.25) is 0 Å². The molecule has 0 spiro atoms. The molecule has 20 heavy (non-hydrogen) atoms. The summed E-state index contributed by atoms with van der Waals surface area (Å²) in [7, 11) is 1.99. The zero-order valence-electron chi connectivity index (χ0n) is 12.3. The summed E-state index contributed by atoms with van der Waals surface area (Å²) in [6.45, 7) is 5.40. The van der Waals surface area contributed by atoms with Gasteiger partial charge in [-0.15, -0.1) is 0 Å². The third-order valence-corrected chi connectivity index (χ3v) is 5.16. The van der Waals surface area contributed by atoms with Crippen molar-refractivity contribution >= 4 is 22.2 Å². The largest absolute Gasteiger partial charge is 0.318 e. The minimum atomic E-state index is 0.364. The highest BCUT2D eigenvalue weighted by atomic mass is 32.1. The maximum absolute atomic E-state index is 4.63. The molecule has 0 fully saturated rings. The van der Waals surface area contributed by atoms with E-state index in [4.69, 9.17) is 0 Å². The van der Waals surface area contributed by atoms with Crippen LogP contribution in [0.15, 0.2) is 24.4 Å². The first-order valence-corrected chi connectivity index (χ1v) is 8.00. The molecule has 1 aliphatic heterocycles. The summed E-state index contributed by atoms with van der Waals surface area (Å²) in [5.41, 5.74) is 4.13. The SMILES string of the molecule is CNC(C)c1cnc(N2CCCc3cc(C)ccc32)s1. The zero-order chi connectivity index (χ0) is 14.1. The van der Waals surface area contributed by atoms with Crippen LogP contribution >= 0.6 is 11.3 Å². The summed E-state index contributed by atoms with van der Waals surface area (Å²) < 4.78 is 0. The lowest BCUT2D eigenvalue weighted by atomic mass is 10.0. The highest BCUT2D eigenvalue weighted by Gasteiger charge is 2.21. The van der Waals surface area contributed by atoms with E-state index in [1.807, 2.05) is 13.2 Å². The normalized spacial score (nSPS) is 16.1. The van der Waals surface area contributed by atoms with E-state index >= 15 is 0 Å². The van der Waals surface area contributed by atoms with Crippen LogP contribution in [0.25, 0.3) is 0 Å². The van der Waals surface area contributed by atoms with Gasteiger partial charge in [-0.2, -0.15) is 0 Å². The Morgan fingerprint density at radius 3 is 3.05 bits per heavy atom. The summed E-state index contributed by atoms with van der Waals surface area (Å²) in [6.07, 6.45) is 4.38. The fraction of sp³-hybridized carbons (Fsp3) is 0.438. The van der Waals surface area contributed by atoms with Crippen LogP contribution in [0.3, 0.4) is 0 Å². The number of thiazole rings is 1. The topological polar surface area (TPSA) is 28.2 Å². The molecule has 0 amide bonds. The van der Waals surface area contributed by atoms with Gasteiger partial charge in [0.2, 0.25) is 0 Å². The molecule has 0 saturated carbocycles. The lowest BCUT2D eigenvalue weighted by Crippen LogP contribution is -2.24. The second-order valence-corrected chi connectivity index (χ2v) is 6.48. The van der Waals surface area contributed by atoms with Crippen LogP contribution in [0.2, 0.25) is 0 Å². The summed E-state index contributed by atoms with van der Waals surface area (Å²) in [5.74, 6) is 0. The third kappa shape index (κ3) is 2.45. The number of anilines is 2. The van der Waals surface area contributed by atoms with E-state index in [0.29, 0.717) is 6.04 Å². The molecular formula is C16H21N3S. The fourth-order valence-electron chi connectivity index (χ4n) is 2.67. The van der Waals surface area contributed by atoms with Crippen molar-refractivity contribution in [3.8, 4) is 0 Å². The average molecular weight is 287 g/mol. The van der Waals surface area contributed by atoms with Crippen molar-refractivity contribution in [1.29, 1.82) is 0 Å². The molecule has 1 aromatic heterocycles. The zero-order valence-corrected chi connectivity index (χ0v) is 13.1. The standard InChI is InChI=1S/C16H21N3S/c1-11-6-7-14-13(9-11)5-4-8-19(14)16-18-10-15(20-16)12(2)17-3/h6-7,9-10,12,17H,4-5,8H2,1-3H3. The molecule has 1 atom stereocenters. The molecule has 1 unspecified atom stereocenters. The van der Waals surface area contributed by atoms with Gasteiger partial charge in [0.05, 0.1) is 0 Å². The van der Waals surface area contributed by atoms with Gasteiger partial charge in [0.25, 0.3) is 0 Å². The second kappa shape index (κ2) is 5.54. The molecule has 3 nitrogen and oxygen atoms in total. The summed E-state index contributed by atoms with van der Waals surface area (Å²) in [4.78, 5) is 8.30. The molecule has 0 bridgehead atoms. The Bertz CT molecular complexity index is 606. The van der Waals surface area contributed by atoms with Crippen LogP contribution in [0.4, 0.5) is 10.8 Å². The van der Waals surface area contributed by atoms with E-state index in [9.17, 15) is 0 Å². The van der Waals surface area contributed by atoms with Gasteiger partial charge in [-0.25, -0.2) is 4.98 Å². The lowest BCUT2D eigenvalue weighted by Gasteiger charge is -2.29. The molecule has 0 saturated heterocycles. The molecule has 1 aromatic carbocycles. The van der Waals surface area contributed by atoms with Crippen LogP contribution in [0.5, 0.6) is 0 Å². The number of hydrogen-bond donors (Lipinski definition) is 1. The highest BCUT2D eigenvalue weighted by molar-refractivity contribution is 7.15. The van der Waals surface area contributed by atoms with Crippen molar-refractivity contribution in [2.24, 2.45) is 0 Å². The number of benzene rings is 1. The first-order chi connectivity index (χ1) is 9.69. The number of aryl methyl sites for hydroxylation is 2. The van der Waals surface area contributed by atoms with Gasteiger partial charge in [0.15, 0.2) is 5.13 Å². The number of aromatic nitrogens is 1. The van der Waals surface area contributed by atoms with Crippen LogP contribution in [-0.4, -0.2) is 18.6 Å². The van der Waals surface area contributed by atoms with Gasteiger partial charge in [0, 0.05) is 29.3 Å². The van der Waals surface area contributed by atoms with Gasteiger partial charge in [-0.1, -0.05) is 29.0 Å². The molecule has 1 aliphatic rings. The van der Waals surface area contributed by atoms with Gasteiger partial charge in [0.1, 0.15) is 0 Å². The minimum absolute atomic E-state index is 0.364. The van der Waals surface area contributed by atoms with E-state index in [0.717, 1.165) is 11.7 Å². The molecule has 2 aromatic rings. The lowest BCUT2D eigenvalue weighted by molar-refractivity contribution is 0.662. The molecule has 2 heterocycles. The predicted molar refractivity (Wildman–Crippen MR) is 86.1 cm³/mol. The molecule has 1 N–H and O–H groups in total. The van der Waals surface area contributed by atoms with Crippen molar-refractivity contribution < 1.29 is 0 Å². The number of nitrogens with one attached hydrogen (secondary N) is 1. The molecular weight excluding hydrogens is 266 g/mol. The summed E-state index contributed by atoms with van der Waals surface area (Å²) in [6, 6.07) is 7.11. The van der Waals surface area contributed by atoms with Crippen LogP contribution in [-0.2, 0) is 6.42 Å². The minimum Gasteiger partial charge on any atom is -0.318 e. The fourth-order valence-corrected chi connectivity index (χ4v) is 3.68. The first kappa shape index (κ1) is 13.6. The van der Waals surface area contributed by atoms with Crippen molar-refractivity contribution in [3.63, 3.8) is 0 Å². The Hall–Kier alpha value is -1.39. The Morgan fingerprint density at radius 2 is 2.25 bits per heavy atom. The first-order valence-electron chi connectivity index (χ1n) is 7.19. The van der Waals surface area contributed by atoms with Crippen LogP contribution < -0.4 is 10.2 Å². The van der Waals surface area contributed by atoms with E-state index < -0.39 is 0 Å². The van der Waals surface area contributed by atoms with Crippen molar-refractivity contribution in [2.45, 2.75) is 32.7 Å². The smallest absolute Gasteiger partial charge is 0.190 e. The summed E-state index contributed by atoms with van der Waals surface area (Å²) >= 11 is 1.79. The Balaban J connectivity index is 1.94.